The third-order valence-corrected chi connectivity index (χ3v) is 8.27. The Bertz CT molecular complexity index is 1250. The second-order valence-electron chi connectivity index (χ2n) is 13.1. The van der Waals surface area contributed by atoms with Gasteiger partial charge < -0.3 is 13.8 Å². The Kier molecular flexibility index (Phi) is 12.9. The highest BCUT2D eigenvalue weighted by Crippen LogP contribution is 2.39. The minimum atomic E-state index is -4.44. The molecule has 1 amide bonds. The van der Waals surface area contributed by atoms with E-state index >= 15 is 0 Å². The first-order valence-electron chi connectivity index (χ1n) is 15.3. The van der Waals surface area contributed by atoms with E-state index in [0.29, 0.717) is 18.3 Å². The number of carbonyl (C=O) groups is 1. The molecule has 2 aromatic carbocycles. The van der Waals surface area contributed by atoms with E-state index in [9.17, 15) is 13.2 Å². The Morgan fingerprint density at radius 1 is 0.762 bits per heavy atom. The van der Waals surface area contributed by atoms with Crippen molar-refractivity contribution in [1.82, 2.24) is 9.62 Å². The molecule has 8 heteroatoms. The molecule has 42 heavy (non-hydrogen) atoms. The van der Waals surface area contributed by atoms with Crippen LogP contribution >= 0.6 is 0 Å². The number of benzene rings is 2. The number of carbonyl (C=O) groups excluding carboxylic acids is 1. The maximum Gasteiger partial charge on any atom is 0.409 e. The fraction of sp³-hybridized carbons (Fsp3) is 0.618. The number of hydrogen-bond donors (Lipinski definition) is 1. The molecular formula is C34H54N2O5S. The average molecular weight is 603 g/mol. The highest BCUT2D eigenvalue weighted by Gasteiger charge is 2.26. The molecule has 7 nitrogen and oxygen atoms in total. The van der Waals surface area contributed by atoms with Gasteiger partial charge in [-0.1, -0.05) is 81.4 Å². The standard InChI is InChI=1S/C34H54N2O5S/c1-21(2)26-16-28(22(3)4)32(29(17-26)23(5)6)20-33(37)35-42(38,39)41-34-30(24(7)8)18-27(19-31(34)25(9)10)40-15-13-14-36(11)12/h16-19,21-25H,13-15,20H2,1-12H3,(H,35,37). The number of hydrogen-bond acceptors (Lipinski definition) is 6. The van der Waals surface area contributed by atoms with Gasteiger partial charge in [-0.15, -0.1) is 0 Å². The van der Waals surface area contributed by atoms with Crippen LogP contribution < -0.4 is 13.6 Å². The van der Waals surface area contributed by atoms with E-state index in [2.05, 4.69) is 63.3 Å². The predicted octanol–water partition coefficient (Wildman–Crippen LogP) is 7.62. The van der Waals surface area contributed by atoms with Crippen molar-refractivity contribution < 1.29 is 22.1 Å². The lowest BCUT2D eigenvalue weighted by Crippen LogP contribution is -2.36. The summed E-state index contributed by atoms with van der Waals surface area (Å²) in [6.45, 7) is 22.1. The third kappa shape index (κ3) is 10.0. The quantitative estimate of drug-likeness (QED) is 0.211. The van der Waals surface area contributed by atoms with E-state index in [1.54, 1.807) is 0 Å². The van der Waals surface area contributed by atoms with Crippen LogP contribution in [0.3, 0.4) is 0 Å². The van der Waals surface area contributed by atoms with Crippen molar-refractivity contribution in [2.24, 2.45) is 0 Å². The fourth-order valence-corrected chi connectivity index (χ4v) is 5.83. The van der Waals surface area contributed by atoms with E-state index < -0.39 is 16.2 Å². The second kappa shape index (κ2) is 15.2. The number of ether oxygens (including phenoxy) is 1. The molecule has 0 heterocycles. The van der Waals surface area contributed by atoms with Crippen molar-refractivity contribution in [3.8, 4) is 11.5 Å². The van der Waals surface area contributed by atoms with E-state index in [1.807, 2.05) is 53.9 Å². The van der Waals surface area contributed by atoms with Gasteiger partial charge in [0.15, 0.2) is 5.75 Å². The summed E-state index contributed by atoms with van der Waals surface area (Å²) >= 11 is 0. The van der Waals surface area contributed by atoms with Crippen molar-refractivity contribution in [2.75, 3.05) is 27.2 Å². The van der Waals surface area contributed by atoms with Crippen LogP contribution in [-0.2, 0) is 21.5 Å². The Balaban J connectivity index is 2.39. The Hall–Kier alpha value is -2.58. The molecule has 0 aliphatic rings. The van der Waals surface area contributed by atoms with Gasteiger partial charge in [-0.3, -0.25) is 4.79 Å². The van der Waals surface area contributed by atoms with Gasteiger partial charge in [-0.05, 0) is 84.5 Å². The number of amides is 1. The van der Waals surface area contributed by atoms with E-state index in [-0.39, 0.29) is 35.8 Å². The maximum absolute atomic E-state index is 13.3. The summed E-state index contributed by atoms with van der Waals surface area (Å²) in [6.07, 6.45) is 0.826. The smallest absolute Gasteiger partial charge is 0.409 e. The monoisotopic (exact) mass is 602 g/mol. The van der Waals surface area contributed by atoms with Crippen molar-refractivity contribution in [3.63, 3.8) is 0 Å². The van der Waals surface area contributed by atoms with Gasteiger partial charge in [0.25, 0.3) is 0 Å². The first-order valence-corrected chi connectivity index (χ1v) is 16.7. The summed E-state index contributed by atoms with van der Waals surface area (Å²) in [5.74, 6) is 0.970. The molecule has 236 valence electrons. The van der Waals surface area contributed by atoms with Crippen LogP contribution in [0.25, 0.3) is 0 Å². The Morgan fingerprint density at radius 3 is 1.64 bits per heavy atom. The molecular weight excluding hydrogens is 548 g/mol. The normalized spacial score (nSPS) is 12.3. The highest BCUT2D eigenvalue weighted by molar-refractivity contribution is 7.85. The fourth-order valence-electron chi connectivity index (χ4n) is 5.03. The number of rotatable bonds is 15. The minimum absolute atomic E-state index is 0.0320. The van der Waals surface area contributed by atoms with Crippen molar-refractivity contribution >= 4 is 16.2 Å². The van der Waals surface area contributed by atoms with Crippen LogP contribution in [-0.4, -0.2) is 46.5 Å². The van der Waals surface area contributed by atoms with Gasteiger partial charge >= 0.3 is 10.3 Å². The predicted molar refractivity (Wildman–Crippen MR) is 173 cm³/mol. The molecule has 0 fully saturated rings. The molecule has 0 aliphatic carbocycles. The summed E-state index contributed by atoms with van der Waals surface area (Å²) < 4.78 is 40.5. The second-order valence-corrected chi connectivity index (χ2v) is 14.4. The van der Waals surface area contributed by atoms with Crippen LogP contribution in [0.5, 0.6) is 11.5 Å². The van der Waals surface area contributed by atoms with Crippen LogP contribution in [0.1, 0.15) is 139 Å². The van der Waals surface area contributed by atoms with Gasteiger partial charge in [-0.25, -0.2) is 4.72 Å². The lowest BCUT2D eigenvalue weighted by molar-refractivity contribution is -0.118. The molecule has 0 saturated carbocycles. The lowest BCUT2D eigenvalue weighted by atomic mass is 9.83. The highest BCUT2D eigenvalue weighted by atomic mass is 32.2. The number of nitrogens with one attached hydrogen (secondary N) is 1. The minimum Gasteiger partial charge on any atom is -0.494 e. The Labute approximate surface area is 255 Å². The summed E-state index contributed by atoms with van der Waals surface area (Å²) in [6, 6.07) is 8.00. The van der Waals surface area contributed by atoms with E-state index in [1.165, 1.54) is 5.56 Å². The molecule has 0 bridgehead atoms. The van der Waals surface area contributed by atoms with Crippen molar-refractivity contribution in [1.29, 1.82) is 0 Å². The molecule has 0 aliphatic heterocycles. The van der Waals surface area contributed by atoms with Crippen LogP contribution in [0.4, 0.5) is 0 Å². The summed E-state index contributed by atoms with van der Waals surface area (Å²) in [5, 5.41) is 0. The van der Waals surface area contributed by atoms with E-state index in [4.69, 9.17) is 8.92 Å². The SMILES string of the molecule is CC(C)c1cc(C(C)C)c(CC(=O)NS(=O)(=O)Oc2c(C(C)C)cc(OCCCN(C)C)cc2C(C)C)c(C(C)C)c1. The molecule has 2 aromatic rings. The number of nitrogens with zero attached hydrogens (tertiary/aromatic N) is 1. The molecule has 0 atom stereocenters. The largest absolute Gasteiger partial charge is 0.494 e. The van der Waals surface area contributed by atoms with Crippen LogP contribution in [0.15, 0.2) is 24.3 Å². The van der Waals surface area contributed by atoms with Crippen LogP contribution in [0.2, 0.25) is 0 Å². The molecule has 0 saturated heterocycles. The van der Waals surface area contributed by atoms with Crippen molar-refractivity contribution in [3.05, 3.63) is 57.6 Å². The van der Waals surface area contributed by atoms with Crippen LogP contribution in [0, 0.1) is 0 Å². The topological polar surface area (TPSA) is 84.9 Å². The van der Waals surface area contributed by atoms with Gasteiger partial charge in [-0.2, -0.15) is 8.42 Å². The molecule has 1 N–H and O–H groups in total. The van der Waals surface area contributed by atoms with Crippen molar-refractivity contribution in [2.45, 2.75) is 112 Å². The first kappa shape index (κ1) is 35.6. The van der Waals surface area contributed by atoms with Gasteiger partial charge in [0.05, 0.1) is 13.0 Å². The summed E-state index contributed by atoms with van der Waals surface area (Å²) in [7, 11) is -0.399. The third-order valence-electron chi connectivity index (χ3n) is 7.40. The average Bonchev–Trinajstić information content (AvgIpc) is 2.85. The molecule has 2 rings (SSSR count). The first-order chi connectivity index (χ1) is 19.4. The van der Waals surface area contributed by atoms with Gasteiger partial charge in [0.1, 0.15) is 5.75 Å². The molecule has 0 aromatic heterocycles. The zero-order chi connectivity index (χ0) is 31.9. The summed E-state index contributed by atoms with van der Waals surface area (Å²) in [4.78, 5) is 15.4. The lowest BCUT2D eigenvalue weighted by Gasteiger charge is -2.23. The molecule has 0 radical (unpaired) electrons. The zero-order valence-electron chi connectivity index (χ0n) is 27.9. The van der Waals surface area contributed by atoms with Gasteiger partial charge in [0.2, 0.25) is 5.91 Å². The Morgan fingerprint density at radius 2 is 1.24 bits per heavy atom. The zero-order valence-corrected chi connectivity index (χ0v) is 28.7. The summed E-state index contributed by atoms with van der Waals surface area (Å²) in [5.41, 5.74) is 5.69. The van der Waals surface area contributed by atoms with E-state index in [0.717, 1.165) is 40.8 Å². The maximum atomic E-state index is 13.3. The van der Waals surface area contributed by atoms with Gasteiger partial charge in [0, 0.05) is 17.7 Å². The molecule has 0 spiro atoms. The molecule has 0 unspecified atom stereocenters.